The average Bonchev–Trinajstić information content (AvgIpc) is 3.08. The van der Waals surface area contributed by atoms with Crippen LogP contribution in [0.2, 0.25) is 0 Å². The van der Waals surface area contributed by atoms with Crippen LogP contribution in [0.3, 0.4) is 0 Å². The first-order chi connectivity index (χ1) is 13.4. The van der Waals surface area contributed by atoms with Crippen molar-refractivity contribution in [3.05, 3.63) is 88.2 Å². The van der Waals surface area contributed by atoms with Crippen LogP contribution in [0.4, 0.5) is 5.69 Å². The Morgan fingerprint density at radius 3 is 2.50 bits per heavy atom. The third-order valence-corrected chi connectivity index (χ3v) is 4.99. The molecule has 0 saturated carbocycles. The van der Waals surface area contributed by atoms with Crippen LogP contribution < -0.4 is 10.7 Å². The quantitative estimate of drug-likeness (QED) is 0.362. The summed E-state index contributed by atoms with van der Waals surface area (Å²) in [6, 6.07) is 16.8. The fraction of sp³-hybridized carbons (Fsp3) is 0.217. The van der Waals surface area contributed by atoms with E-state index in [1.54, 1.807) is 6.21 Å². The largest absolute Gasteiger partial charge is 0.342 e. The molecule has 3 aromatic rings. The van der Waals surface area contributed by atoms with E-state index in [0.717, 1.165) is 29.1 Å². The zero-order valence-electron chi connectivity index (χ0n) is 16.8. The zero-order chi connectivity index (χ0) is 20.1. The van der Waals surface area contributed by atoms with Gasteiger partial charge in [-0.2, -0.15) is 5.10 Å². The van der Waals surface area contributed by atoms with Gasteiger partial charge in [0.15, 0.2) is 5.11 Å². The maximum absolute atomic E-state index is 5.38. The lowest BCUT2D eigenvalue weighted by Crippen LogP contribution is -2.24. The van der Waals surface area contributed by atoms with Crippen molar-refractivity contribution in [2.75, 3.05) is 5.32 Å². The van der Waals surface area contributed by atoms with Gasteiger partial charge in [-0.1, -0.05) is 42.0 Å². The number of aromatic nitrogens is 1. The molecule has 0 atom stereocenters. The lowest BCUT2D eigenvalue weighted by molar-refractivity contribution is 0.793. The van der Waals surface area contributed by atoms with E-state index in [0.29, 0.717) is 5.11 Å². The number of aryl methyl sites for hydroxylation is 4. The van der Waals surface area contributed by atoms with Crippen molar-refractivity contribution in [1.29, 1.82) is 0 Å². The molecule has 0 bridgehead atoms. The standard InChI is InChI=1S/C23H26N4S/c1-16-10-11-17(2)20(13-16)15-27-12-6-9-21(27)14-24-26-23(28)25-22-18(3)7-5-8-19(22)4/h5-14H,15H2,1-4H3,(H2,25,26,28). The molecule has 0 aliphatic rings. The molecule has 3 rings (SSSR count). The van der Waals surface area contributed by atoms with Crippen LogP contribution in [0, 0.1) is 27.7 Å². The number of benzene rings is 2. The molecule has 4 nitrogen and oxygen atoms in total. The topological polar surface area (TPSA) is 41.4 Å². The average molecular weight is 391 g/mol. The summed E-state index contributed by atoms with van der Waals surface area (Å²) in [7, 11) is 0. The lowest BCUT2D eigenvalue weighted by atomic mass is 10.1. The molecule has 1 heterocycles. The van der Waals surface area contributed by atoms with Crippen LogP contribution in [-0.4, -0.2) is 15.9 Å². The van der Waals surface area contributed by atoms with Gasteiger partial charge in [-0.15, -0.1) is 0 Å². The SMILES string of the molecule is Cc1ccc(C)c(Cn2cccc2C=NNC(=S)Nc2c(C)cccc2C)c1. The minimum Gasteiger partial charge on any atom is -0.342 e. The Hall–Kier alpha value is -2.92. The molecule has 5 heteroatoms. The van der Waals surface area contributed by atoms with E-state index in [4.69, 9.17) is 12.2 Å². The van der Waals surface area contributed by atoms with Crippen molar-refractivity contribution in [3.63, 3.8) is 0 Å². The van der Waals surface area contributed by atoms with E-state index in [2.05, 4.69) is 84.6 Å². The van der Waals surface area contributed by atoms with Crippen LogP contribution in [0.15, 0.2) is 59.8 Å². The molecule has 0 amide bonds. The Morgan fingerprint density at radius 1 is 1.00 bits per heavy atom. The van der Waals surface area contributed by atoms with Gasteiger partial charge < -0.3 is 9.88 Å². The number of anilines is 1. The number of nitrogens with one attached hydrogen (secondary N) is 2. The molecule has 0 radical (unpaired) electrons. The second-order valence-electron chi connectivity index (χ2n) is 7.08. The fourth-order valence-electron chi connectivity index (χ4n) is 3.15. The van der Waals surface area contributed by atoms with Crippen LogP contribution >= 0.6 is 12.2 Å². The molecule has 1 aromatic heterocycles. The molecule has 0 unspecified atom stereocenters. The molecular formula is C23H26N4S. The number of rotatable bonds is 5. The highest BCUT2D eigenvalue weighted by molar-refractivity contribution is 7.80. The predicted molar refractivity (Wildman–Crippen MR) is 122 cm³/mol. The first-order valence-electron chi connectivity index (χ1n) is 9.31. The smallest absolute Gasteiger partial charge is 0.191 e. The number of hydrogen-bond acceptors (Lipinski definition) is 2. The van der Waals surface area contributed by atoms with Crippen molar-refractivity contribution in [2.24, 2.45) is 5.10 Å². The summed E-state index contributed by atoms with van der Waals surface area (Å²) in [6.07, 6.45) is 3.86. The molecule has 144 valence electrons. The third-order valence-electron chi connectivity index (χ3n) is 4.79. The number of hydrogen-bond donors (Lipinski definition) is 2. The number of para-hydroxylation sites is 1. The summed E-state index contributed by atoms with van der Waals surface area (Å²) >= 11 is 5.38. The Balaban J connectivity index is 1.65. The maximum atomic E-state index is 5.38. The summed E-state index contributed by atoms with van der Waals surface area (Å²) in [5, 5.41) is 8.01. The molecule has 0 aliphatic carbocycles. The van der Waals surface area contributed by atoms with Gasteiger partial charge in [0.2, 0.25) is 0 Å². The van der Waals surface area contributed by atoms with Gasteiger partial charge in [0.05, 0.1) is 11.9 Å². The van der Waals surface area contributed by atoms with Gasteiger partial charge >= 0.3 is 0 Å². The van der Waals surface area contributed by atoms with E-state index in [-0.39, 0.29) is 0 Å². The van der Waals surface area contributed by atoms with Crippen molar-refractivity contribution in [3.8, 4) is 0 Å². The van der Waals surface area contributed by atoms with Crippen LogP contribution in [0.1, 0.15) is 33.5 Å². The summed E-state index contributed by atoms with van der Waals surface area (Å²) in [5.41, 5.74) is 11.1. The van der Waals surface area contributed by atoms with Crippen LogP contribution in [-0.2, 0) is 6.54 Å². The second kappa shape index (κ2) is 8.85. The molecular weight excluding hydrogens is 364 g/mol. The Kier molecular flexibility index (Phi) is 6.26. The van der Waals surface area contributed by atoms with E-state index in [1.807, 2.05) is 18.2 Å². The molecule has 0 saturated heterocycles. The van der Waals surface area contributed by atoms with Gasteiger partial charge in [-0.05, 0) is 74.3 Å². The fourth-order valence-corrected chi connectivity index (χ4v) is 3.31. The van der Waals surface area contributed by atoms with Gasteiger partial charge in [-0.25, -0.2) is 0 Å². The first kappa shape index (κ1) is 19.8. The summed E-state index contributed by atoms with van der Waals surface area (Å²) < 4.78 is 2.18. The second-order valence-corrected chi connectivity index (χ2v) is 7.49. The molecule has 0 spiro atoms. The van der Waals surface area contributed by atoms with E-state index >= 15 is 0 Å². The summed E-state index contributed by atoms with van der Waals surface area (Å²) in [5.74, 6) is 0. The predicted octanol–water partition coefficient (Wildman–Crippen LogP) is 5.09. The normalized spacial score (nSPS) is 11.0. The highest BCUT2D eigenvalue weighted by atomic mass is 32.1. The Labute approximate surface area is 172 Å². The lowest BCUT2D eigenvalue weighted by Gasteiger charge is -2.13. The third kappa shape index (κ3) is 4.87. The summed E-state index contributed by atoms with van der Waals surface area (Å²) in [4.78, 5) is 0. The first-order valence-corrected chi connectivity index (χ1v) is 9.72. The van der Waals surface area contributed by atoms with Gasteiger partial charge in [-0.3, -0.25) is 5.43 Å². The van der Waals surface area contributed by atoms with E-state index in [9.17, 15) is 0 Å². The molecule has 0 fully saturated rings. The van der Waals surface area contributed by atoms with Crippen molar-refractivity contribution in [2.45, 2.75) is 34.2 Å². The number of thiocarbonyl (C=S) groups is 1. The summed E-state index contributed by atoms with van der Waals surface area (Å²) in [6.45, 7) is 9.19. The van der Waals surface area contributed by atoms with Crippen molar-refractivity contribution >= 4 is 29.2 Å². The van der Waals surface area contributed by atoms with Crippen LogP contribution in [0.5, 0.6) is 0 Å². The Bertz CT molecular complexity index is 997. The molecule has 0 aliphatic heterocycles. The number of hydrazone groups is 1. The maximum Gasteiger partial charge on any atom is 0.191 e. The van der Waals surface area contributed by atoms with E-state index < -0.39 is 0 Å². The van der Waals surface area contributed by atoms with E-state index in [1.165, 1.54) is 16.7 Å². The highest BCUT2D eigenvalue weighted by Crippen LogP contribution is 2.19. The number of nitrogens with zero attached hydrogens (tertiary/aromatic N) is 2. The molecule has 2 N–H and O–H groups in total. The highest BCUT2D eigenvalue weighted by Gasteiger charge is 2.05. The monoisotopic (exact) mass is 390 g/mol. The zero-order valence-corrected chi connectivity index (χ0v) is 17.6. The van der Waals surface area contributed by atoms with Crippen LogP contribution in [0.25, 0.3) is 0 Å². The van der Waals surface area contributed by atoms with Gasteiger partial charge in [0, 0.05) is 18.4 Å². The minimum atomic E-state index is 0.473. The van der Waals surface area contributed by atoms with Crippen molar-refractivity contribution in [1.82, 2.24) is 9.99 Å². The minimum absolute atomic E-state index is 0.473. The molecule has 2 aromatic carbocycles. The van der Waals surface area contributed by atoms with Gasteiger partial charge in [0.25, 0.3) is 0 Å². The van der Waals surface area contributed by atoms with Gasteiger partial charge in [0.1, 0.15) is 0 Å². The van der Waals surface area contributed by atoms with Crippen molar-refractivity contribution < 1.29 is 0 Å². The molecule has 28 heavy (non-hydrogen) atoms. The Morgan fingerprint density at radius 2 is 1.75 bits per heavy atom.